The molecular weight excluding hydrogens is 312 g/mol. The van der Waals surface area contributed by atoms with Gasteiger partial charge >= 0.3 is 0 Å². The number of piperidine rings is 1. The summed E-state index contributed by atoms with van der Waals surface area (Å²) in [6.45, 7) is 8.70. The Hall–Kier alpha value is -1.95. The molecule has 0 aliphatic carbocycles. The Balaban J connectivity index is 1.43. The van der Waals surface area contributed by atoms with Gasteiger partial charge in [0.15, 0.2) is 0 Å². The van der Waals surface area contributed by atoms with E-state index in [0.717, 1.165) is 44.8 Å². The molecule has 25 heavy (non-hydrogen) atoms. The highest BCUT2D eigenvalue weighted by molar-refractivity contribution is 5.45. The van der Waals surface area contributed by atoms with Gasteiger partial charge in [0.05, 0.1) is 6.54 Å². The van der Waals surface area contributed by atoms with Gasteiger partial charge < -0.3 is 9.47 Å². The first-order valence-corrected chi connectivity index (χ1v) is 9.64. The molecule has 2 fully saturated rings. The van der Waals surface area contributed by atoms with E-state index < -0.39 is 0 Å². The van der Waals surface area contributed by atoms with Crippen LogP contribution in [0.5, 0.6) is 0 Å². The molecule has 0 unspecified atom stereocenters. The fourth-order valence-corrected chi connectivity index (χ4v) is 4.20. The lowest BCUT2D eigenvalue weighted by atomic mass is 9.95. The van der Waals surface area contributed by atoms with Crippen LogP contribution in [0.2, 0.25) is 0 Å². The van der Waals surface area contributed by atoms with Gasteiger partial charge in [-0.3, -0.25) is 9.88 Å². The normalized spacial score (nSPS) is 19.6. The third-order valence-corrected chi connectivity index (χ3v) is 5.62. The molecule has 0 radical (unpaired) electrons. The Kier molecular flexibility index (Phi) is 4.97. The van der Waals surface area contributed by atoms with Crippen LogP contribution in [-0.4, -0.2) is 50.8 Å². The number of pyridine rings is 1. The van der Waals surface area contributed by atoms with Crippen LogP contribution in [0.4, 0.5) is 5.69 Å². The summed E-state index contributed by atoms with van der Waals surface area (Å²) < 4.78 is 2.37. The average Bonchev–Trinajstić information content (AvgIpc) is 3.32. The maximum Gasteiger partial charge on any atom is 0.147 e. The van der Waals surface area contributed by atoms with Crippen molar-refractivity contribution in [1.82, 2.24) is 24.6 Å². The van der Waals surface area contributed by atoms with Crippen LogP contribution in [0.15, 0.2) is 24.5 Å². The summed E-state index contributed by atoms with van der Waals surface area (Å²) in [4.78, 5) is 9.08. The van der Waals surface area contributed by atoms with E-state index in [9.17, 15) is 0 Å². The van der Waals surface area contributed by atoms with Gasteiger partial charge in [-0.2, -0.15) is 0 Å². The highest BCUT2D eigenvalue weighted by Gasteiger charge is 2.26. The van der Waals surface area contributed by atoms with Gasteiger partial charge in [0.2, 0.25) is 0 Å². The van der Waals surface area contributed by atoms with E-state index in [0.29, 0.717) is 5.92 Å². The molecule has 4 rings (SSSR count). The monoisotopic (exact) mass is 340 g/mol. The van der Waals surface area contributed by atoms with Gasteiger partial charge in [0.1, 0.15) is 11.6 Å². The summed E-state index contributed by atoms with van der Waals surface area (Å²) in [5.74, 6) is 2.87. The molecule has 0 saturated carbocycles. The summed E-state index contributed by atoms with van der Waals surface area (Å²) in [5.41, 5.74) is 1.28. The molecule has 2 saturated heterocycles. The van der Waals surface area contributed by atoms with Crippen LogP contribution in [0, 0.1) is 0 Å². The molecule has 0 spiro atoms. The van der Waals surface area contributed by atoms with Crippen molar-refractivity contribution in [1.29, 1.82) is 0 Å². The summed E-state index contributed by atoms with van der Waals surface area (Å²) >= 11 is 0. The van der Waals surface area contributed by atoms with E-state index in [1.54, 1.807) is 0 Å². The number of rotatable bonds is 5. The SMILES string of the molecule is CCn1c(CN2CCCC2)nnc1C1CCN(c2ccncc2)CC1. The smallest absolute Gasteiger partial charge is 0.147 e. The Morgan fingerprint density at radius 3 is 2.40 bits per heavy atom. The summed E-state index contributed by atoms with van der Waals surface area (Å²) in [6.07, 6.45) is 8.68. The predicted molar refractivity (Wildman–Crippen MR) is 98.6 cm³/mol. The molecule has 4 heterocycles. The van der Waals surface area contributed by atoms with E-state index in [1.807, 2.05) is 12.4 Å². The van der Waals surface area contributed by atoms with Crippen LogP contribution < -0.4 is 4.90 Å². The van der Waals surface area contributed by atoms with Crippen LogP contribution in [0.1, 0.15) is 50.2 Å². The van der Waals surface area contributed by atoms with E-state index >= 15 is 0 Å². The molecule has 2 aliphatic rings. The summed E-state index contributed by atoms with van der Waals surface area (Å²) in [6, 6.07) is 4.20. The zero-order valence-corrected chi connectivity index (χ0v) is 15.1. The minimum atomic E-state index is 0.526. The lowest BCUT2D eigenvalue weighted by molar-refractivity contribution is 0.315. The topological polar surface area (TPSA) is 50.1 Å². The second-order valence-corrected chi connectivity index (χ2v) is 7.17. The zero-order valence-electron chi connectivity index (χ0n) is 15.1. The fourth-order valence-electron chi connectivity index (χ4n) is 4.20. The third-order valence-electron chi connectivity index (χ3n) is 5.62. The average molecular weight is 340 g/mol. The van der Waals surface area contributed by atoms with Crippen LogP contribution in [-0.2, 0) is 13.1 Å². The number of nitrogens with zero attached hydrogens (tertiary/aromatic N) is 6. The van der Waals surface area contributed by atoms with E-state index in [1.165, 1.54) is 37.4 Å². The number of anilines is 1. The van der Waals surface area contributed by atoms with Gasteiger partial charge in [0, 0.05) is 43.6 Å². The Morgan fingerprint density at radius 1 is 1.00 bits per heavy atom. The lowest BCUT2D eigenvalue weighted by Gasteiger charge is -2.33. The van der Waals surface area contributed by atoms with Gasteiger partial charge in [-0.05, 0) is 57.8 Å². The minimum absolute atomic E-state index is 0.526. The predicted octanol–water partition coefficient (Wildman–Crippen LogP) is 2.67. The third kappa shape index (κ3) is 3.54. The van der Waals surface area contributed by atoms with Crippen molar-refractivity contribution in [2.45, 2.75) is 51.6 Å². The van der Waals surface area contributed by atoms with Crippen molar-refractivity contribution in [2.24, 2.45) is 0 Å². The maximum atomic E-state index is 4.61. The van der Waals surface area contributed by atoms with Gasteiger partial charge in [-0.15, -0.1) is 10.2 Å². The highest BCUT2D eigenvalue weighted by atomic mass is 15.3. The number of hydrogen-bond acceptors (Lipinski definition) is 5. The molecule has 0 amide bonds. The van der Waals surface area contributed by atoms with Gasteiger partial charge in [0.25, 0.3) is 0 Å². The van der Waals surface area contributed by atoms with Crippen molar-refractivity contribution in [2.75, 3.05) is 31.1 Å². The molecule has 2 aromatic rings. The first kappa shape index (κ1) is 16.5. The van der Waals surface area contributed by atoms with Gasteiger partial charge in [-0.1, -0.05) is 0 Å². The molecule has 0 bridgehead atoms. The molecule has 6 nitrogen and oxygen atoms in total. The number of aromatic nitrogens is 4. The highest BCUT2D eigenvalue weighted by Crippen LogP contribution is 2.30. The molecule has 6 heteroatoms. The standard InChI is InChI=1S/C19H28N6/c1-2-25-18(15-23-11-3-4-12-23)21-22-19(25)16-7-13-24(14-8-16)17-5-9-20-10-6-17/h5-6,9-10,16H,2-4,7-8,11-15H2,1H3. The van der Waals surface area contributed by atoms with Crippen LogP contribution in [0.3, 0.4) is 0 Å². The van der Waals surface area contributed by atoms with Crippen molar-refractivity contribution in [3.05, 3.63) is 36.2 Å². The van der Waals surface area contributed by atoms with Crippen molar-refractivity contribution in [3.63, 3.8) is 0 Å². The minimum Gasteiger partial charge on any atom is -0.371 e. The number of hydrogen-bond donors (Lipinski definition) is 0. The first-order chi connectivity index (χ1) is 12.3. The maximum absolute atomic E-state index is 4.61. The largest absolute Gasteiger partial charge is 0.371 e. The first-order valence-electron chi connectivity index (χ1n) is 9.64. The fraction of sp³-hybridized carbons (Fsp3) is 0.632. The molecule has 0 aromatic carbocycles. The molecule has 0 atom stereocenters. The molecule has 2 aliphatic heterocycles. The lowest BCUT2D eigenvalue weighted by Crippen LogP contribution is -2.33. The summed E-state index contributed by atoms with van der Waals surface area (Å²) in [7, 11) is 0. The Morgan fingerprint density at radius 2 is 1.72 bits per heavy atom. The summed E-state index contributed by atoms with van der Waals surface area (Å²) in [5, 5.41) is 9.16. The van der Waals surface area contributed by atoms with Crippen molar-refractivity contribution in [3.8, 4) is 0 Å². The quantitative estimate of drug-likeness (QED) is 0.837. The zero-order chi connectivity index (χ0) is 17.1. The van der Waals surface area contributed by atoms with Gasteiger partial charge in [-0.25, -0.2) is 0 Å². The molecular formula is C19H28N6. The van der Waals surface area contributed by atoms with Crippen molar-refractivity contribution >= 4 is 5.69 Å². The Labute approximate surface area is 149 Å². The van der Waals surface area contributed by atoms with E-state index in [-0.39, 0.29) is 0 Å². The van der Waals surface area contributed by atoms with Crippen LogP contribution in [0.25, 0.3) is 0 Å². The van der Waals surface area contributed by atoms with Crippen molar-refractivity contribution < 1.29 is 0 Å². The second-order valence-electron chi connectivity index (χ2n) is 7.17. The van der Waals surface area contributed by atoms with E-state index in [2.05, 4.69) is 48.6 Å². The van der Waals surface area contributed by atoms with E-state index in [4.69, 9.17) is 0 Å². The molecule has 2 aromatic heterocycles. The number of likely N-dealkylation sites (tertiary alicyclic amines) is 1. The Bertz CT molecular complexity index is 668. The molecule has 134 valence electrons. The van der Waals surface area contributed by atoms with Crippen LogP contribution >= 0.6 is 0 Å². The molecule has 0 N–H and O–H groups in total. The second kappa shape index (κ2) is 7.52.